The fourth-order valence-corrected chi connectivity index (χ4v) is 2.94. The topological polar surface area (TPSA) is 3.24 Å². The van der Waals surface area contributed by atoms with Crippen LogP contribution >= 0.6 is 0 Å². The van der Waals surface area contributed by atoms with E-state index in [-0.39, 0.29) is 0 Å². The first kappa shape index (κ1) is 15.5. The lowest BCUT2D eigenvalue weighted by Gasteiger charge is -2.26. The van der Waals surface area contributed by atoms with Gasteiger partial charge in [0, 0.05) is 13.1 Å². The van der Waals surface area contributed by atoms with E-state index in [4.69, 9.17) is 0 Å². The van der Waals surface area contributed by atoms with Gasteiger partial charge in [0.25, 0.3) is 0 Å². The first-order valence-corrected chi connectivity index (χ1v) is 7.76. The Morgan fingerprint density at radius 1 is 1.28 bits per heavy atom. The lowest BCUT2D eigenvalue weighted by Crippen LogP contribution is -2.30. The SMILES string of the molecule is C=CCCCC(CCC)CN1CCCC(=C)CC1. The van der Waals surface area contributed by atoms with Crippen LogP contribution < -0.4 is 0 Å². The van der Waals surface area contributed by atoms with Crippen LogP contribution in [0.15, 0.2) is 24.8 Å². The summed E-state index contributed by atoms with van der Waals surface area (Å²) in [5.41, 5.74) is 1.45. The lowest BCUT2D eigenvalue weighted by atomic mass is 9.96. The Morgan fingerprint density at radius 2 is 2.11 bits per heavy atom. The fraction of sp³-hybridized carbons (Fsp3) is 0.765. The second-order valence-electron chi connectivity index (χ2n) is 5.78. The zero-order valence-electron chi connectivity index (χ0n) is 12.3. The average Bonchev–Trinajstić information content (AvgIpc) is 2.55. The molecule has 0 saturated carbocycles. The molecule has 18 heavy (non-hydrogen) atoms. The second-order valence-corrected chi connectivity index (χ2v) is 5.78. The van der Waals surface area contributed by atoms with E-state index in [2.05, 4.69) is 31.1 Å². The van der Waals surface area contributed by atoms with Crippen LogP contribution in [0.4, 0.5) is 0 Å². The summed E-state index contributed by atoms with van der Waals surface area (Å²) in [6, 6.07) is 0. The van der Waals surface area contributed by atoms with Crippen LogP contribution in [-0.4, -0.2) is 24.5 Å². The zero-order chi connectivity index (χ0) is 13.2. The van der Waals surface area contributed by atoms with Gasteiger partial charge in [0.1, 0.15) is 0 Å². The molecular weight excluding hydrogens is 218 g/mol. The van der Waals surface area contributed by atoms with Gasteiger partial charge in [-0.05, 0) is 57.4 Å². The van der Waals surface area contributed by atoms with Crippen molar-refractivity contribution in [3.05, 3.63) is 24.8 Å². The zero-order valence-corrected chi connectivity index (χ0v) is 12.3. The van der Waals surface area contributed by atoms with E-state index in [0.717, 1.165) is 5.92 Å². The van der Waals surface area contributed by atoms with Gasteiger partial charge in [0.2, 0.25) is 0 Å². The molecule has 0 amide bonds. The van der Waals surface area contributed by atoms with Gasteiger partial charge in [-0.15, -0.1) is 6.58 Å². The van der Waals surface area contributed by atoms with Gasteiger partial charge in [-0.1, -0.05) is 31.6 Å². The molecule has 0 aromatic rings. The molecule has 1 heterocycles. The minimum absolute atomic E-state index is 0.890. The van der Waals surface area contributed by atoms with E-state index in [1.54, 1.807) is 0 Å². The highest BCUT2D eigenvalue weighted by Gasteiger charge is 2.15. The number of unbranched alkanes of at least 4 members (excludes halogenated alkanes) is 1. The average molecular weight is 249 g/mol. The van der Waals surface area contributed by atoms with Crippen LogP contribution in [0.3, 0.4) is 0 Å². The summed E-state index contributed by atoms with van der Waals surface area (Å²) in [5, 5.41) is 0. The fourth-order valence-electron chi connectivity index (χ4n) is 2.94. The molecule has 1 fully saturated rings. The van der Waals surface area contributed by atoms with Crippen LogP contribution in [0.25, 0.3) is 0 Å². The standard InChI is InChI=1S/C17H31N/c1-4-6-7-11-17(9-5-2)15-18-13-8-10-16(3)12-14-18/h4,17H,1,3,5-15H2,2H3. The molecule has 0 bridgehead atoms. The molecule has 1 heteroatoms. The van der Waals surface area contributed by atoms with E-state index < -0.39 is 0 Å². The first-order valence-electron chi connectivity index (χ1n) is 7.76. The van der Waals surface area contributed by atoms with E-state index in [0.29, 0.717) is 0 Å². The summed E-state index contributed by atoms with van der Waals surface area (Å²) in [5.74, 6) is 0.890. The third-order valence-electron chi connectivity index (χ3n) is 4.02. The van der Waals surface area contributed by atoms with Crippen molar-refractivity contribution in [3.63, 3.8) is 0 Å². The van der Waals surface area contributed by atoms with Crippen molar-refractivity contribution in [2.45, 2.75) is 58.3 Å². The van der Waals surface area contributed by atoms with Gasteiger partial charge in [-0.2, -0.15) is 0 Å². The first-order chi connectivity index (χ1) is 8.76. The van der Waals surface area contributed by atoms with Crippen molar-refractivity contribution < 1.29 is 0 Å². The molecule has 0 radical (unpaired) electrons. The van der Waals surface area contributed by atoms with Crippen molar-refractivity contribution in [1.29, 1.82) is 0 Å². The van der Waals surface area contributed by atoms with Crippen molar-refractivity contribution in [3.8, 4) is 0 Å². The number of rotatable bonds is 8. The second kappa shape index (κ2) is 9.38. The van der Waals surface area contributed by atoms with E-state index in [1.807, 2.05) is 0 Å². The third-order valence-corrected chi connectivity index (χ3v) is 4.02. The van der Waals surface area contributed by atoms with Crippen LogP contribution in [0.5, 0.6) is 0 Å². The maximum absolute atomic E-state index is 4.15. The van der Waals surface area contributed by atoms with Crippen molar-refractivity contribution in [2.24, 2.45) is 5.92 Å². The highest BCUT2D eigenvalue weighted by molar-refractivity contribution is 4.96. The Bertz CT molecular complexity index is 244. The molecule has 1 aliphatic rings. The van der Waals surface area contributed by atoms with Crippen LogP contribution in [0.2, 0.25) is 0 Å². The molecule has 1 atom stereocenters. The summed E-state index contributed by atoms with van der Waals surface area (Å²) < 4.78 is 0. The normalized spacial score (nSPS) is 19.5. The van der Waals surface area contributed by atoms with Gasteiger partial charge in [-0.25, -0.2) is 0 Å². The van der Waals surface area contributed by atoms with Gasteiger partial charge in [0.15, 0.2) is 0 Å². The van der Waals surface area contributed by atoms with Gasteiger partial charge >= 0.3 is 0 Å². The Labute approximate surface area is 114 Å². The van der Waals surface area contributed by atoms with Crippen molar-refractivity contribution in [1.82, 2.24) is 4.90 Å². The monoisotopic (exact) mass is 249 g/mol. The van der Waals surface area contributed by atoms with Gasteiger partial charge in [-0.3, -0.25) is 0 Å². The Hall–Kier alpha value is -0.560. The molecule has 0 spiro atoms. The van der Waals surface area contributed by atoms with Crippen LogP contribution in [0.1, 0.15) is 58.3 Å². The molecule has 104 valence electrons. The number of nitrogens with zero attached hydrogens (tertiary/aromatic N) is 1. The molecule has 0 aromatic heterocycles. The molecule has 0 aromatic carbocycles. The van der Waals surface area contributed by atoms with Gasteiger partial charge in [0.05, 0.1) is 0 Å². The number of hydrogen-bond acceptors (Lipinski definition) is 1. The van der Waals surface area contributed by atoms with Crippen molar-refractivity contribution >= 4 is 0 Å². The molecular formula is C17H31N. The molecule has 0 N–H and O–H groups in total. The Balaban J connectivity index is 2.33. The maximum Gasteiger partial charge on any atom is 0.00186 e. The summed E-state index contributed by atoms with van der Waals surface area (Å²) in [6.45, 7) is 14.1. The van der Waals surface area contributed by atoms with Crippen LogP contribution in [-0.2, 0) is 0 Å². The number of hydrogen-bond donors (Lipinski definition) is 0. The predicted octanol–water partition coefficient (Wildman–Crippen LogP) is 4.80. The van der Waals surface area contributed by atoms with Crippen molar-refractivity contribution in [2.75, 3.05) is 19.6 Å². The number of likely N-dealkylation sites (tertiary alicyclic amines) is 1. The van der Waals surface area contributed by atoms with E-state index in [9.17, 15) is 0 Å². The Morgan fingerprint density at radius 3 is 2.83 bits per heavy atom. The van der Waals surface area contributed by atoms with Gasteiger partial charge < -0.3 is 4.90 Å². The lowest BCUT2D eigenvalue weighted by molar-refractivity contribution is 0.223. The largest absolute Gasteiger partial charge is 0.303 e. The Kier molecular flexibility index (Phi) is 8.08. The third kappa shape index (κ3) is 6.39. The molecule has 0 aliphatic carbocycles. The van der Waals surface area contributed by atoms with Crippen LogP contribution in [0, 0.1) is 5.92 Å². The minimum Gasteiger partial charge on any atom is -0.303 e. The summed E-state index contributed by atoms with van der Waals surface area (Å²) in [4.78, 5) is 2.67. The molecule has 1 rings (SSSR count). The summed E-state index contributed by atoms with van der Waals surface area (Å²) >= 11 is 0. The smallest absolute Gasteiger partial charge is 0.00186 e. The summed E-state index contributed by atoms with van der Waals surface area (Å²) in [6.07, 6.45) is 12.4. The minimum atomic E-state index is 0.890. The van der Waals surface area contributed by atoms with E-state index in [1.165, 1.54) is 76.6 Å². The molecule has 1 aliphatic heterocycles. The number of allylic oxidation sites excluding steroid dienone is 1. The van der Waals surface area contributed by atoms with E-state index >= 15 is 0 Å². The quantitative estimate of drug-likeness (QED) is 0.441. The molecule has 1 nitrogen and oxygen atoms in total. The molecule has 1 saturated heterocycles. The highest BCUT2D eigenvalue weighted by atomic mass is 15.1. The highest BCUT2D eigenvalue weighted by Crippen LogP contribution is 2.20. The predicted molar refractivity (Wildman–Crippen MR) is 81.9 cm³/mol. The summed E-state index contributed by atoms with van der Waals surface area (Å²) in [7, 11) is 0. The molecule has 1 unspecified atom stereocenters. The maximum atomic E-state index is 4.15.